The summed E-state index contributed by atoms with van der Waals surface area (Å²) in [6.45, 7) is 4.22. The van der Waals surface area contributed by atoms with Crippen LogP contribution in [0.3, 0.4) is 0 Å². The molecule has 1 saturated heterocycles. The first kappa shape index (κ1) is 22.3. The van der Waals surface area contributed by atoms with Crippen LogP contribution < -0.4 is 10.2 Å². The maximum Gasteiger partial charge on any atom is 0.416 e. The Morgan fingerprint density at radius 1 is 1.20 bits per heavy atom. The van der Waals surface area contributed by atoms with Crippen LogP contribution in [0.4, 0.5) is 24.5 Å². The summed E-state index contributed by atoms with van der Waals surface area (Å²) in [6, 6.07) is 2.82. The first-order valence-electron chi connectivity index (χ1n) is 10.3. The van der Waals surface area contributed by atoms with E-state index in [1.54, 1.807) is 4.90 Å². The molecule has 1 aromatic rings. The van der Waals surface area contributed by atoms with Crippen LogP contribution in [0.25, 0.3) is 0 Å². The van der Waals surface area contributed by atoms with Gasteiger partial charge in [-0.3, -0.25) is 19.8 Å². The molecular weight excluding hydrogens is 401 g/mol. The van der Waals surface area contributed by atoms with Crippen molar-refractivity contribution in [3.05, 3.63) is 33.9 Å². The van der Waals surface area contributed by atoms with Gasteiger partial charge in [0.1, 0.15) is 5.69 Å². The molecule has 2 fully saturated rings. The van der Waals surface area contributed by atoms with Crippen molar-refractivity contribution in [3.8, 4) is 0 Å². The summed E-state index contributed by atoms with van der Waals surface area (Å²) in [4.78, 5) is 26.6. The van der Waals surface area contributed by atoms with E-state index in [1.807, 2.05) is 4.90 Å². The normalized spacial score (nSPS) is 23.3. The summed E-state index contributed by atoms with van der Waals surface area (Å²) in [6.07, 6.45) is -0.190. The van der Waals surface area contributed by atoms with Gasteiger partial charge in [0.2, 0.25) is 5.91 Å². The zero-order chi connectivity index (χ0) is 21.9. The van der Waals surface area contributed by atoms with E-state index in [2.05, 4.69) is 12.2 Å². The monoisotopic (exact) mass is 428 g/mol. The lowest BCUT2D eigenvalue weighted by atomic mass is 9.86. The molecule has 166 valence electrons. The number of rotatable bonds is 5. The van der Waals surface area contributed by atoms with Crippen LogP contribution in [0.5, 0.6) is 0 Å². The highest BCUT2D eigenvalue weighted by Crippen LogP contribution is 2.36. The molecule has 0 radical (unpaired) electrons. The van der Waals surface area contributed by atoms with Crippen LogP contribution in [0.1, 0.15) is 38.2 Å². The molecule has 1 heterocycles. The molecule has 2 unspecified atom stereocenters. The average molecular weight is 428 g/mol. The summed E-state index contributed by atoms with van der Waals surface area (Å²) in [7, 11) is 0. The van der Waals surface area contributed by atoms with Crippen LogP contribution in [0.2, 0.25) is 0 Å². The van der Waals surface area contributed by atoms with Gasteiger partial charge >= 0.3 is 6.18 Å². The van der Waals surface area contributed by atoms with E-state index >= 15 is 0 Å². The molecular formula is C20H27F3N4O3. The van der Waals surface area contributed by atoms with Crippen molar-refractivity contribution in [1.29, 1.82) is 0 Å². The maximum atomic E-state index is 12.9. The Hall–Kier alpha value is -2.36. The molecule has 0 aromatic heterocycles. The summed E-state index contributed by atoms with van der Waals surface area (Å²) in [5.74, 6) is 0.447. The van der Waals surface area contributed by atoms with Crippen LogP contribution >= 0.6 is 0 Å². The minimum atomic E-state index is -4.63. The number of alkyl halides is 3. The number of nitro groups is 1. The quantitative estimate of drug-likeness (QED) is 0.574. The predicted molar refractivity (Wildman–Crippen MR) is 106 cm³/mol. The fourth-order valence-electron chi connectivity index (χ4n) is 4.25. The second-order valence-electron chi connectivity index (χ2n) is 8.16. The third-order valence-corrected chi connectivity index (χ3v) is 6.04. The summed E-state index contributed by atoms with van der Waals surface area (Å²) in [5, 5.41) is 14.4. The lowest BCUT2D eigenvalue weighted by molar-refractivity contribution is -0.384. The number of nitro benzene ring substituents is 1. The molecule has 2 atom stereocenters. The van der Waals surface area contributed by atoms with E-state index in [-0.39, 0.29) is 24.2 Å². The molecule has 0 spiro atoms. The van der Waals surface area contributed by atoms with E-state index in [0.29, 0.717) is 38.2 Å². The number of hydrogen-bond acceptors (Lipinski definition) is 5. The maximum absolute atomic E-state index is 12.9. The van der Waals surface area contributed by atoms with Gasteiger partial charge in [-0.05, 0) is 30.9 Å². The van der Waals surface area contributed by atoms with Crippen LogP contribution in [0, 0.1) is 16.0 Å². The fourth-order valence-corrected chi connectivity index (χ4v) is 4.25. The predicted octanol–water partition coefficient (Wildman–Crippen LogP) is 3.43. The summed E-state index contributed by atoms with van der Waals surface area (Å²) < 4.78 is 38.7. The highest BCUT2D eigenvalue weighted by atomic mass is 19.4. The van der Waals surface area contributed by atoms with Gasteiger partial charge in [-0.2, -0.15) is 13.2 Å². The molecule has 7 nitrogen and oxygen atoms in total. The average Bonchev–Trinajstić information content (AvgIpc) is 2.69. The fraction of sp³-hybridized carbons (Fsp3) is 0.650. The van der Waals surface area contributed by atoms with Crippen molar-refractivity contribution in [2.45, 2.75) is 44.8 Å². The second kappa shape index (κ2) is 9.20. The topological polar surface area (TPSA) is 78.7 Å². The number of carbonyl (C=O) groups is 1. The van der Waals surface area contributed by atoms with Crippen LogP contribution in [-0.4, -0.2) is 54.5 Å². The number of anilines is 1. The number of piperazine rings is 1. The zero-order valence-electron chi connectivity index (χ0n) is 17.0. The number of halogens is 3. The van der Waals surface area contributed by atoms with E-state index in [4.69, 9.17) is 0 Å². The summed E-state index contributed by atoms with van der Waals surface area (Å²) >= 11 is 0. The number of carbonyl (C=O) groups excluding carboxylic acids is 1. The molecule has 30 heavy (non-hydrogen) atoms. The van der Waals surface area contributed by atoms with Gasteiger partial charge in [0.25, 0.3) is 5.69 Å². The van der Waals surface area contributed by atoms with Gasteiger partial charge in [-0.25, -0.2) is 0 Å². The van der Waals surface area contributed by atoms with E-state index in [9.17, 15) is 28.1 Å². The van der Waals surface area contributed by atoms with Gasteiger partial charge in [0.05, 0.1) is 17.0 Å². The largest absolute Gasteiger partial charge is 0.416 e. The highest BCUT2D eigenvalue weighted by molar-refractivity contribution is 5.78. The van der Waals surface area contributed by atoms with Gasteiger partial charge in [0, 0.05) is 38.3 Å². The van der Waals surface area contributed by atoms with Crippen molar-refractivity contribution in [2.24, 2.45) is 5.92 Å². The van der Waals surface area contributed by atoms with Crippen molar-refractivity contribution in [3.63, 3.8) is 0 Å². The smallest absolute Gasteiger partial charge is 0.363 e. The Balaban J connectivity index is 1.57. The van der Waals surface area contributed by atoms with E-state index in [1.165, 1.54) is 6.42 Å². The minimum Gasteiger partial charge on any atom is -0.363 e. The highest BCUT2D eigenvalue weighted by Gasteiger charge is 2.34. The molecule has 3 rings (SSSR count). The standard InChI is InChI=1S/C20H27F3N4O3/c1-14-4-2-3-5-16(14)24-19(28)13-25-8-10-26(11-9-25)17-7-6-15(20(21,22)23)12-18(17)27(29)30/h6-7,12,14,16H,2-5,8-11,13H2,1H3,(H,24,28). The van der Waals surface area contributed by atoms with E-state index in [0.717, 1.165) is 31.4 Å². The molecule has 1 aromatic carbocycles. The number of nitrogens with one attached hydrogen (secondary N) is 1. The van der Waals surface area contributed by atoms with Gasteiger partial charge < -0.3 is 10.2 Å². The molecule has 0 bridgehead atoms. The van der Waals surface area contributed by atoms with Crippen molar-refractivity contribution in [1.82, 2.24) is 10.2 Å². The molecule has 10 heteroatoms. The Kier molecular flexibility index (Phi) is 6.84. The lowest BCUT2D eigenvalue weighted by Crippen LogP contribution is -2.51. The molecule has 1 amide bonds. The van der Waals surface area contributed by atoms with Crippen molar-refractivity contribution >= 4 is 17.3 Å². The van der Waals surface area contributed by atoms with Gasteiger partial charge in [-0.15, -0.1) is 0 Å². The Bertz CT molecular complexity index is 779. The Labute approximate surface area is 173 Å². The van der Waals surface area contributed by atoms with E-state index < -0.39 is 22.4 Å². The van der Waals surface area contributed by atoms with Crippen molar-refractivity contribution < 1.29 is 22.9 Å². The first-order chi connectivity index (χ1) is 14.1. The number of benzene rings is 1. The minimum absolute atomic E-state index is 0.0253. The summed E-state index contributed by atoms with van der Waals surface area (Å²) in [5.41, 5.74) is -1.42. The number of nitrogens with zero attached hydrogens (tertiary/aromatic N) is 3. The third-order valence-electron chi connectivity index (χ3n) is 6.04. The molecule has 1 aliphatic carbocycles. The van der Waals surface area contributed by atoms with Gasteiger partial charge in [0.15, 0.2) is 0 Å². The number of hydrogen-bond donors (Lipinski definition) is 1. The second-order valence-corrected chi connectivity index (χ2v) is 8.16. The van der Waals surface area contributed by atoms with Crippen molar-refractivity contribution in [2.75, 3.05) is 37.6 Å². The van der Waals surface area contributed by atoms with Gasteiger partial charge in [-0.1, -0.05) is 19.8 Å². The third kappa shape index (κ3) is 5.41. The van der Waals surface area contributed by atoms with Crippen LogP contribution in [0.15, 0.2) is 18.2 Å². The molecule has 1 N–H and O–H groups in total. The Morgan fingerprint density at radius 3 is 2.47 bits per heavy atom. The van der Waals surface area contributed by atoms with Crippen LogP contribution in [-0.2, 0) is 11.0 Å². The SMILES string of the molecule is CC1CCCCC1NC(=O)CN1CCN(c2ccc(C(F)(F)F)cc2[N+](=O)[O-])CC1. The molecule has 1 aliphatic heterocycles. The molecule has 2 aliphatic rings. The Morgan fingerprint density at radius 2 is 1.87 bits per heavy atom. The first-order valence-corrected chi connectivity index (χ1v) is 10.3. The zero-order valence-corrected chi connectivity index (χ0v) is 17.0. The molecule has 1 saturated carbocycles. The number of amides is 1. The lowest BCUT2D eigenvalue weighted by Gasteiger charge is -2.36.